The second kappa shape index (κ2) is 8.07. The van der Waals surface area contributed by atoms with Gasteiger partial charge in [-0.2, -0.15) is 5.10 Å². The van der Waals surface area contributed by atoms with Crippen LogP contribution in [0.25, 0.3) is 5.69 Å². The van der Waals surface area contributed by atoms with Crippen molar-refractivity contribution in [1.29, 1.82) is 0 Å². The summed E-state index contributed by atoms with van der Waals surface area (Å²) < 4.78 is 22.5. The maximum Gasteiger partial charge on any atom is 0.296 e. The molecule has 10 nitrogen and oxygen atoms in total. The van der Waals surface area contributed by atoms with Gasteiger partial charge in [-0.05, 0) is 37.5 Å². The number of aromatic hydroxyl groups is 1. The Balaban J connectivity index is 1.46. The number of nitrogens with zero attached hydrogens (tertiary/aromatic N) is 5. The first-order valence-electron chi connectivity index (χ1n) is 10.8. The molecule has 3 heterocycles. The van der Waals surface area contributed by atoms with Gasteiger partial charge in [-0.15, -0.1) is 0 Å². The quantitative estimate of drug-likeness (QED) is 0.610. The van der Waals surface area contributed by atoms with Crippen molar-refractivity contribution in [1.82, 2.24) is 29.6 Å². The molecule has 3 aromatic rings. The lowest BCUT2D eigenvalue weighted by Crippen LogP contribution is -2.44. The number of hydrogen-bond acceptors (Lipinski definition) is 7. The zero-order chi connectivity index (χ0) is 23.2. The van der Waals surface area contributed by atoms with Crippen molar-refractivity contribution < 1.29 is 19.0 Å². The number of aromatic nitrogens is 5. The predicted molar refractivity (Wildman–Crippen MR) is 114 cm³/mol. The van der Waals surface area contributed by atoms with E-state index in [1.165, 1.54) is 33.8 Å². The number of benzene rings is 1. The smallest absolute Gasteiger partial charge is 0.296 e. The monoisotopic (exact) mass is 454 g/mol. The van der Waals surface area contributed by atoms with Crippen LogP contribution in [-0.4, -0.2) is 48.5 Å². The third-order valence-corrected chi connectivity index (χ3v) is 6.42. The van der Waals surface area contributed by atoms with Gasteiger partial charge < -0.3 is 15.2 Å². The number of rotatable bonds is 4. The number of nitrogens with one attached hydrogen (secondary N) is 1. The van der Waals surface area contributed by atoms with Crippen molar-refractivity contribution in [3.05, 3.63) is 63.6 Å². The molecule has 2 aliphatic rings. The van der Waals surface area contributed by atoms with Gasteiger partial charge in [-0.3, -0.25) is 14.2 Å². The largest absolute Gasteiger partial charge is 0.501 e. The van der Waals surface area contributed by atoms with Crippen LogP contribution in [0.4, 0.5) is 4.39 Å². The molecule has 1 saturated carbocycles. The summed E-state index contributed by atoms with van der Waals surface area (Å²) >= 11 is 0. The highest BCUT2D eigenvalue weighted by Crippen LogP contribution is 2.44. The van der Waals surface area contributed by atoms with E-state index in [-0.39, 0.29) is 18.8 Å². The number of amides is 1. The van der Waals surface area contributed by atoms with Crippen molar-refractivity contribution in [2.24, 2.45) is 0 Å². The Bertz CT molecular complexity index is 1300. The zero-order valence-corrected chi connectivity index (χ0v) is 18.0. The SMILES string of the molecule is Cc1ncnn1-c1cc(F)ccc1CNC(=O)c1nc2n(c(=O)c1O)CCOCC21CCC1. The van der Waals surface area contributed by atoms with E-state index in [9.17, 15) is 19.1 Å². The molecule has 0 radical (unpaired) electrons. The molecule has 2 aromatic heterocycles. The molecule has 0 unspecified atom stereocenters. The fourth-order valence-corrected chi connectivity index (χ4v) is 4.45. The number of fused-ring (bicyclic) bond motifs is 2. The van der Waals surface area contributed by atoms with E-state index in [0.717, 1.165) is 19.3 Å². The fourth-order valence-electron chi connectivity index (χ4n) is 4.45. The number of halogens is 1. The Hall–Kier alpha value is -3.60. The van der Waals surface area contributed by atoms with Crippen molar-refractivity contribution >= 4 is 5.91 Å². The molecule has 2 N–H and O–H groups in total. The summed E-state index contributed by atoms with van der Waals surface area (Å²) in [4.78, 5) is 34.4. The van der Waals surface area contributed by atoms with Gasteiger partial charge in [0.15, 0.2) is 5.69 Å². The molecule has 5 rings (SSSR count). The van der Waals surface area contributed by atoms with Crippen LogP contribution in [0.5, 0.6) is 5.75 Å². The summed E-state index contributed by atoms with van der Waals surface area (Å²) in [6.45, 7) is 2.78. The minimum atomic E-state index is -0.696. The van der Waals surface area contributed by atoms with Gasteiger partial charge >= 0.3 is 0 Å². The number of aryl methyl sites for hydroxylation is 1. The second-order valence-corrected chi connectivity index (χ2v) is 8.45. The number of carbonyl (C=O) groups is 1. The molecule has 1 spiro atoms. The molecule has 0 atom stereocenters. The minimum Gasteiger partial charge on any atom is -0.501 e. The van der Waals surface area contributed by atoms with E-state index >= 15 is 0 Å². The molecular formula is C22H23FN6O4. The fraction of sp³-hybridized carbons (Fsp3) is 0.409. The Morgan fingerprint density at radius 1 is 1.36 bits per heavy atom. The Kier molecular flexibility index (Phi) is 5.20. The maximum absolute atomic E-state index is 13.9. The molecule has 172 valence electrons. The maximum atomic E-state index is 13.9. The first-order valence-corrected chi connectivity index (χ1v) is 10.8. The van der Waals surface area contributed by atoms with E-state index in [4.69, 9.17) is 4.74 Å². The summed E-state index contributed by atoms with van der Waals surface area (Å²) in [5.41, 5.74) is -0.376. The molecule has 1 aromatic carbocycles. The lowest BCUT2D eigenvalue weighted by molar-refractivity contribution is 0.0532. The van der Waals surface area contributed by atoms with Gasteiger partial charge in [0.2, 0.25) is 5.75 Å². The van der Waals surface area contributed by atoms with Crippen LogP contribution in [0.2, 0.25) is 0 Å². The van der Waals surface area contributed by atoms with Gasteiger partial charge in [0.25, 0.3) is 11.5 Å². The lowest BCUT2D eigenvalue weighted by Gasteiger charge is -2.40. The highest BCUT2D eigenvalue weighted by Gasteiger charge is 2.45. The Labute approximate surface area is 188 Å². The van der Waals surface area contributed by atoms with Crippen LogP contribution in [-0.2, 0) is 23.2 Å². The summed E-state index contributed by atoms with van der Waals surface area (Å²) in [5.74, 6) is -0.808. The summed E-state index contributed by atoms with van der Waals surface area (Å²) in [5, 5.41) is 17.3. The van der Waals surface area contributed by atoms with Crippen molar-refractivity contribution in [2.45, 2.75) is 44.7 Å². The highest BCUT2D eigenvalue weighted by molar-refractivity contribution is 5.94. The van der Waals surface area contributed by atoms with Crippen LogP contribution in [0.15, 0.2) is 29.3 Å². The van der Waals surface area contributed by atoms with Crippen LogP contribution in [0.3, 0.4) is 0 Å². The molecule has 0 bridgehead atoms. The van der Waals surface area contributed by atoms with Crippen LogP contribution >= 0.6 is 0 Å². The van der Waals surface area contributed by atoms with E-state index in [1.807, 2.05) is 0 Å². The molecule has 0 saturated heterocycles. The van der Waals surface area contributed by atoms with Gasteiger partial charge in [-0.25, -0.2) is 19.0 Å². The first kappa shape index (κ1) is 21.3. The molecule has 1 fully saturated rings. The van der Waals surface area contributed by atoms with Gasteiger partial charge in [0, 0.05) is 6.54 Å². The standard InChI is InChI=1S/C22H23FN6O4/c1-13-25-12-26-29(13)16-9-15(23)4-3-14(16)10-24-19(31)17-18(30)20(32)28-7-8-33-11-22(5-2-6-22)21(28)27-17/h3-4,9,12,30H,2,5-8,10-11H2,1H3,(H,24,31). The third-order valence-electron chi connectivity index (χ3n) is 6.42. The first-order chi connectivity index (χ1) is 15.9. The molecule has 33 heavy (non-hydrogen) atoms. The average Bonchev–Trinajstić information content (AvgIpc) is 3.09. The highest BCUT2D eigenvalue weighted by atomic mass is 19.1. The summed E-state index contributed by atoms with van der Waals surface area (Å²) in [7, 11) is 0. The molecule has 11 heteroatoms. The summed E-state index contributed by atoms with van der Waals surface area (Å²) in [6, 6.07) is 4.11. The van der Waals surface area contributed by atoms with E-state index in [1.54, 1.807) is 6.92 Å². The van der Waals surface area contributed by atoms with Crippen LogP contribution in [0, 0.1) is 12.7 Å². The van der Waals surface area contributed by atoms with E-state index in [2.05, 4.69) is 20.4 Å². The molecule has 1 amide bonds. The number of hydrogen-bond donors (Lipinski definition) is 2. The van der Waals surface area contributed by atoms with E-state index < -0.39 is 28.4 Å². The normalized spacial score (nSPS) is 16.7. The third kappa shape index (κ3) is 3.58. The summed E-state index contributed by atoms with van der Waals surface area (Å²) in [6.07, 6.45) is 3.95. The van der Waals surface area contributed by atoms with Crippen molar-refractivity contribution in [3.63, 3.8) is 0 Å². The number of ether oxygens (including phenoxy) is 1. The number of carbonyl (C=O) groups excluding carboxylic acids is 1. The lowest BCUT2D eigenvalue weighted by atomic mass is 9.68. The average molecular weight is 454 g/mol. The predicted octanol–water partition coefficient (Wildman–Crippen LogP) is 1.36. The second-order valence-electron chi connectivity index (χ2n) is 8.45. The zero-order valence-electron chi connectivity index (χ0n) is 18.0. The van der Waals surface area contributed by atoms with Crippen molar-refractivity contribution in [3.8, 4) is 11.4 Å². The molecular weight excluding hydrogens is 431 g/mol. The van der Waals surface area contributed by atoms with Crippen LogP contribution in [0.1, 0.15) is 47.0 Å². The van der Waals surface area contributed by atoms with Crippen molar-refractivity contribution in [2.75, 3.05) is 13.2 Å². The van der Waals surface area contributed by atoms with Gasteiger partial charge in [-0.1, -0.05) is 12.5 Å². The van der Waals surface area contributed by atoms with E-state index in [0.29, 0.717) is 36.1 Å². The van der Waals surface area contributed by atoms with Gasteiger partial charge in [0.05, 0.1) is 30.9 Å². The minimum absolute atomic E-state index is 0.00153. The Morgan fingerprint density at radius 3 is 2.88 bits per heavy atom. The van der Waals surface area contributed by atoms with Gasteiger partial charge in [0.1, 0.15) is 23.8 Å². The Morgan fingerprint density at radius 2 is 2.18 bits per heavy atom. The van der Waals surface area contributed by atoms with Crippen LogP contribution < -0.4 is 10.9 Å². The molecule has 1 aliphatic heterocycles. The molecule has 1 aliphatic carbocycles. The topological polar surface area (TPSA) is 124 Å².